The lowest BCUT2D eigenvalue weighted by Crippen LogP contribution is -2.28. The molecule has 0 radical (unpaired) electrons. The Balaban J connectivity index is 2.96. The van der Waals surface area contributed by atoms with Gasteiger partial charge in [-0.15, -0.1) is 0 Å². The normalized spacial score (nSPS) is 11.6. The summed E-state index contributed by atoms with van der Waals surface area (Å²) in [5, 5.41) is 9.86. The third kappa shape index (κ3) is 3.70. The molecule has 96 valence electrons. The average molecular weight is 256 g/mol. The summed E-state index contributed by atoms with van der Waals surface area (Å²) in [7, 11) is 1.95. The molecule has 0 aromatic carbocycles. The first-order valence-corrected chi connectivity index (χ1v) is 6.50. The maximum Gasteiger partial charge on any atom is 0.347 e. The number of hydrogen-bond donors (Lipinski definition) is 1. The quantitative estimate of drug-likeness (QED) is 0.900. The number of anilines is 1. The van der Waals surface area contributed by atoms with Gasteiger partial charge in [0.25, 0.3) is 0 Å². The Morgan fingerprint density at radius 3 is 2.41 bits per heavy atom. The second kappa shape index (κ2) is 5.04. The smallest absolute Gasteiger partial charge is 0.347 e. The van der Waals surface area contributed by atoms with Gasteiger partial charge in [0.2, 0.25) is 0 Å². The van der Waals surface area contributed by atoms with Crippen LogP contribution < -0.4 is 4.90 Å². The highest BCUT2D eigenvalue weighted by atomic mass is 32.1. The van der Waals surface area contributed by atoms with E-state index < -0.39 is 5.97 Å². The topological polar surface area (TPSA) is 53.4 Å². The van der Waals surface area contributed by atoms with Gasteiger partial charge in [0.1, 0.15) is 4.88 Å². The summed E-state index contributed by atoms with van der Waals surface area (Å²) < 4.78 is 0. The van der Waals surface area contributed by atoms with Crippen molar-refractivity contribution in [1.82, 2.24) is 4.98 Å². The van der Waals surface area contributed by atoms with Crippen molar-refractivity contribution in [2.24, 2.45) is 5.41 Å². The van der Waals surface area contributed by atoms with Crippen LogP contribution in [-0.2, 0) is 6.42 Å². The molecule has 4 nitrogen and oxygen atoms in total. The molecule has 0 aliphatic rings. The number of carboxylic acid groups (broad SMARTS) is 1. The number of nitrogens with zero attached hydrogens (tertiary/aromatic N) is 2. The summed E-state index contributed by atoms with van der Waals surface area (Å²) in [6.45, 7) is 9.22. The van der Waals surface area contributed by atoms with Crippen molar-refractivity contribution in [3.05, 3.63) is 10.6 Å². The fraction of sp³-hybridized carbons (Fsp3) is 0.667. The van der Waals surface area contributed by atoms with Crippen LogP contribution in [0.4, 0.5) is 5.13 Å². The van der Waals surface area contributed by atoms with E-state index in [4.69, 9.17) is 5.11 Å². The number of carbonyl (C=O) groups is 1. The molecule has 1 rings (SSSR count). The van der Waals surface area contributed by atoms with Gasteiger partial charge in [-0.2, -0.15) is 0 Å². The van der Waals surface area contributed by atoms with Gasteiger partial charge in [0.05, 0.1) is 5.69 Å². The minimum Gasteiger partial charge on any atom is -0.477 e. The molecule has 0 fully saturated rings. The molecule has 0 amide bonds. The van der Waals surface area contributed by atoms with Crippen molar-refractivity contribution in [2.45, 2.75) is 34.1 Å². The van der Waals surface area contributed by atoms with E-state index >= 15 is 0 Å². The Bertz CT molecular complexity index is 407. The number of carboxylic acids is 1. The maximum atomic E-state index is 11.1. The lowest BCUT2D eigenvalue weighted by Gasteiger charge is -2.26. The fourth-order valence-corrected chi connectivity index (χ4v) is 2.64. The number of aromatic nitrogens is 1. The molecule has 0 saturated carbocycles. The van der Waals surface area contributed by atoms with E-state index in [-0.39, 0.29) is 5.41 Å². The first-order chi connectivity index (χ1) is 7.74. The van der Waals surface area contributed by atoms with E-state index in [1.807, 2.05) is 18.9 Å². The van der Waals surface area contributed by atoms with E-state index in [0.29, 0.717) is 17.0 Å². The molecule has 1 aromatic rings. The minimum absolute atomic E-state index is 0.163. The van der Waals surface area contributed by atoms with Crippen molar-refractivity contribution in [1.29, 1.82) is 0 Å². The van der Waals surface area contributed by atoms with Crippen molar-refractivity contribution >= 4 is 22.4 Å². The number of thiazole rings is 1. The first-order valence-electron chi connectivity index (χ1n) is 5.68. The molecule has 0 atom stereocenters. The van der Waals surface area contributed by atoms with E-state index in [9.17, 15) is 4.79 Å². The Labute approximate surface area is 106 Å². The summed E-state index contributed by atoms with van der Waals surface area (Å²) in [6, 6.07) is 0. The molecular formula is C12H20N2O2S. The van der Waals surface area contributed by atoms with Crippen LogP contribution in [0.1, 0.15) is 43.1 Å². The SMILES string of the molecule is CCc1nc(N(C)CC(C)(C)C)sc1C(=O)O. The molecule has 1 aromatic heterocycles. The molecule has 0 spiro atoms. The maximum absolute atomic E-state index is 11.1. The summed E-state index contributed by atoms with van der Waals surface area (Å²) in [5.74, 6) is -0.880. The third-order valence-corrected chi connectivity index (χ3v) is 3.45. The molecule has 5 heteroatoms. The molecule has 1 N–H and O–H groups in total. The van der Waals surface area contributed by atoms with Gasteiger partial charge in [-0.3, -0.25) is 0 Å². The first kappa shape index (κ1) is 14.0. The van der Waals surface area contributed by atoms with E-state index in [0.717, 1.165) is 11.7 Å². The van der Waals surface area contributed by atoms with Gasteiger partial charge >= 0.3 is 5.97 Å². The molecule has 0 aliphatic heterocycles. The van der Waals surface area contributed by atoms with Gasteiger partial charge in [0, 0.05) is 13.6 Å². The summed E-state index contributed by atoms with van der Waals surface area (Å²) >= 11 is 1.26. The summed E-state index contributed by atoms with van der Waals surface area (Å²) in [5.41, 5.74) is 0.842. The lowest BCUT2D eigenvalue weighted by molar-refractivity contribution is 0.0701. The molecular weight excluding hydrogens is 236 g/mol. The second-order valence-corrected chi connectivity index (χ2v) is 6.33. The van der Waals surface area contributed by atoms with Crippen molar-refractivity contribution in [3.8, 4) is 0 Å². The summed E-state index contributed by atoms with van der Waals surface area (Å²) in [6.07, 6.45) is 0.654. The molecule has 17 heavy (non-hydrogen) atoms. The van der Waals surface area contributed by atoms with Crippen LogP contribution in [0, 0.1) is 5.41 Å². The Hall–Kier alpha value is -1.10. The highest BCUT2D eigenvalue weighted by molar-refractivity contribution is 7.17. The predicted octanol–water partition coefficient (Wildman–Crippen LogP) is 2.89. The highest BCUT2D eigenvalue weighted by Crippen LogP contribution is 2.28. The number of aromatic carboxylic acids is 1. The Morgan fingerprint density at radius 1 is 1.47 bits per heavy atom. The standard InChI is InChI=1S/C12H20N2O2S/c1-6-8-9(10(15)16)17-11(13-8)14(5)7-12(2,3)4/h6-7H2,1-5H3,(H,15,16). The summed E-state index contributed by atoms with van der Waals surface area (Å²) in [4.78, 5) is 17.8. The number of rotatable bonds is 4. The Morgan fingerprint density at radius 2 is 2.06 bits per heavy atom. The van der Waals surface area contributed by atoms with Crippen LogP contribution in [0.25, 0.3) is 0 Å². The molecule has 0 unspecified atom stereocenters. The van der Waals surface area contributed by atoms with Crippen molar-refractivity contribution in [3.63, 3.8) is 0 Å². The zero-order valence-corrected chi connectivity index (χ0v) is 11.9. The van der Waals surface area contributed by atoms with Gasteiger partial charge in [-0.1, -0.05) is 39.0 Å². The molecule has 0 saturated heterocycles. The number of aryl methyl sites for hydroxylation is 1. The van der Waals surface area contributed by atoms with E-state index in [1.165, 1.54) is 11.3 Å². The van der Waals surface area contributed by atoms with E-state index in [2.05, 4.69) is 25.8 Å². The monoisotopic (exact) mass is 256 g/mol. The third-order valence-electron chi connectivity index (χ3n) is 2.25. The average Bonchev–Trinajstić information content (AvgIpc) is 2.58. The van der Waals surface area contributed by atoms with Crippen molar-refractivity contribution in [2.75, 3.05) is 18.5 Å². The van der Waals surface area contributed by atoms with Gasteiger partial charge in [-0.25, -0.2) is 9.78 Å². The number of hydrogen-bond acceptors (Lipinski definition) is 4. The molecule has 1 heterocycles. The molecule has 0 bridgehead atoms. The largest absolute Gasteiger partial charge is 0.477 e. The van der Waals surface area contributed by atoms with Crippen LogP contribution in [0.5, 0.6) is 0 Å². The van der Waals surface area contributed by atoms with Gasteiger partial charge < -0.3 is 10.0 Å². The van der Waals surface area contributed by atoms with Crippen LogP contribution in [0.2, 0.25) is 0 Å². The zero-order chi connectivity index (χ0) is 13.2. The minimum atomic E-state index is -0.880. The Kier molecular flexibility index (Phi) is 4.14. The van der Waals surface area contributed by atoms with Crippen LogP contribution >= 0.6 is 11.3 Å². The van der Waals surface area contributed by atoms with Crippen molar-refractivity contribution < 1.29 is 9.90 Å². The molecule has 0 aliphatic carbocycles. The van der Waals surface area contributed by atoms with Gasteiger partial charge in [0.15, 0.2) is 5.13 Å². The van der Waals surface area contributed by atoms with Crippen LogP contribution in [-0.4, -0.2) is 29.7 Å². The predicted molar refractivity (Wildman–Crippen MR) is 71.2 cm³/mol. The lowest BCUT2D eigenvalue weighted by atomic mass is 9.96. The van der Waals surface area contributed by atoms with Crippen LogP contribution in [0.3, 0.4) is 0 Å². The van der Waals surface area contributed by atoms with Crippen LogP contribution in [0.15, 0.2) is 0 Å². The van der Waals surface area contributed by atoms with Gasteiger partial charge in [-0.05, 0) is 11.8 Å². The second-order valence-electron chi connectivity index (χ2n) is 5.35. The van der Waals surface area contributed by atoms with E-state index in [1.54, 1.807) is 0 Å². The highest BCUT2D eigenvalue weighted by Gasteiger charge is 2.20. The fourth-order valence-electron chi connectivity index (χ4n) is 1.69. The zero-order valence-electron chi connectivity index (χ0n) is 11.1.